The Balaban J connectivity index is 1.45. The first-order chi connectivity index (χ1) is 14.9. The minimum absolute atomic E-state index is 0.0886. The number of aromatic nitrogens is 1. The second-order valence-electron chi connectivity index (χ2n) is 8.69. The second-order valence-corrected chi connectivity index (χ2v) is 9.74. The Morgan fingerprint density at radius 3 is 2.81 bits per heavy atom. The molecule has 4 nitrogen and oxygen atoms in total. The average Bonchev–Trinajstić information content (AvgIpc) is 3.43. The number of benzene rings is 2. The fourth-order valence-corrected chi connectivity index (χ4v) is 6.16. The lowest BCUT2D eigenvalue weighted by Crippen LogP contribution is -2.23. The summed E-state index contributed by atoms with van der Waals surface area (Å²) in [6.07, 6.45) is 3.15. The highest BCUT2D eigenvalue weighted by Crippen LogP contribution is 2.41. The van der Waals surface area contributed by atoms with E-state index in [1.54, 1.807) is 22.3 Å². The summed E-state index contributed by atoms with van der Waals surface area (Å²) >= 11 is 1.61. The Kier molecular flexibility index (Phi) is 5.07. The lowest BCUT2D eigenvalue weighted by Gasteiger charge is -2.17. The number of aryl methyl sites for hydroxylation is 1. The van der Waals surface area contributed by atoms with E-state index in [-0.39, 0.29) is 11.7 Å². The van der Waals surface area contributed by atoms with Crippen molar-refractivity contribution in [1.82, 2.24) is 14.4 Å². The van der Waals surface area contributed by atoms with E-state index in [1.807, 2.05) is 37.8 Å². The number of rotatable bonds is 4. The SMILES string of the molecule is CN(C)C(=O)c1sc2ccccc2c1[C@@H]1CCN(Cc2cn(C)c3cc(F)ccc23)C1. The molecule has 1 aliphatic rings. The van der Waals surface area contributed by atoms with E-state index in [9.17, 15) is 9.18 Å². The van der Waals surface area contributed by atoms with Gasteiger partial charge in [0.25, 0.3) is 5.91 Å². The number of thiophene rings is 1. The smallest absolute Gasteiger partial charge is 0.263 e. The molecule has 5 rings (SSSR count). The van der Waals surface area contributed by atoms with Gasteiger partial charge in [-0.3, -0.25) is 9.69 Å². The molecule has 0 radical (unpaired) electrons. The topological polar surface area (TPSA) is 28.5 Å². The second kappa shape index (κ2) is 7.77. The molecule has 0 saturated carbocycles. The Hall–Kier alpha value is -2.70. The lowest BCUT2D eigenvalue weighted by atomic mass is 9.95. The van der Waals surface area contributed by atoms with Crippen LogP contribution in [0.15, 0.2) is 48.7 Å². The van der Waals surface area contributed by atoms with Crippen LogP contribution in [0.25, 0.3) is 21.0 Å². The highest BCUT2D eigenvalue weighted by molar-refractivity contribution is 7.21. The zero-order chi connectivity index (χ0) is 21.7. The van der Waals surface area contributed by atoms with Crippen molar-refractivity contribution < 1.29 is 9.18 Å². The fraction of sp³-hybridized carbons (Fsp3) is 0.320. The molecule has 4 aromatic rings. The van der Waals surface area contributed by atoms with E-state index in [4.69, 9.17) is 0 Å². The maximum Gasteiger partial charge on any atom is 0.263 e. The van der Waals surface area contributed by atoms with Crippen LogP contribution in [-0.2, 0) is 13.6 Å². The predicted molar refractivity (Wildman–Crippen MR) is 125 cm³/mol. The van der Waals surface area contributed by atoms with Gasteiger partial charge in [-0.2, -0.15) is 0 Å². The predicted octanol–water partition coefficient (Wildman–Crippen LogP) is 5.22. The first-order valence-corrected chi connectivity index (χ1v) is 11.4. The summed E-state index contributed by atoms with van der Waals surface area (Å²) in [4.78, 5) is 17.9. The number of hydrogen-bond acceptors (Lipinski definition) is 3. The van der Waals surface area contributed by atoms with Gasteiger partial charge in [-0.25, -0.2) is 4.39 Å². The van der Waals surface area contributed by atoms with E-state index < -0.39 is 0 Å². The van der Waals surface area contributed by atoms with Gasteiger partial charge >= 0.3 is 0 Å². The number of fused-ring (bicyclic) bond motifs is 2. The molecule has 1 fully saturated rings. The molecule has 1 atom stereocenters. The van der Waals surface area contributed by atoms with Crippen LogP contribution in [0.5, 0.6) is 0 Å². The lowest BCUT2D eigenvalue weighted by molar-refractivity contribution is 0.0831. The maximum atomic E-state index is 13.7. The van der Waals surface area contributed by atoms with Crippen LogP contribution in [-0.4, -0.2) is 47.5 Å². The van der Waals surface area contributed by atoms with E-state index >= 15 is 0 Å². The van der Waals surface area contributed by atoms with Crippen LogP contribution >= 0.6 is 11.3 Å². The van der Waals surface area contributed by atoms with Gasteiger partial charge < -0.3 is 9.47 Å². The van der Waals surface area contributed by atoms with Gasteiger partial charge in [-0.1, -0.05) is 18.2 Å². The first kappa shape index (κ1) is 20.2. The first-order valence-electron chi connectivity index (χ1n) is 10.6. The van der Waals surface area contributed by atoms with Gasteiger partial charge in [-0.15, -0.1) is 11.3 Å². The number of carbonyl (C=O) groups excluding carboxylic acids is 1. The molecular weight excluding hydrogens is 409 g/mol. The zero-order valence-corrected chi connectivity index (χ0v) is 18.9. The molecule has 0 N–H and O–H groups in total. The van der Waals surface area contributed by atoms with Crippen molar-refractivity contribution in [2.45, 2.75) is 18.9 Å². The number of nitrogens with zero attached hydrogens (tertiary/aromatic N) is 3. The summed E-state index contributed by atoms with van der Waals surface area (Å²) in [5.74, 6) is 0.220. The van der Waals surface area contributed by atoms with E-state index in [2.05, 4.69) is 29.3 Å². The van der Waals surface area contributed by atoms with Gasteiger partial charge in [0.1, 0.15) is 5.82 Å². The fourth-order valence-electron chi connectivity index (χ4n) is 4.85. The van der Waals surface area contributed by atoms with E-state index in [1.165, 1.54) is 27.3 Å². The molecule has 0 spiro atoms. The monoisotopic (exact) mass is 435 g/mol. The van der Waals surface area contributed by atoms with Crippen molar-refractivity contribution in [1.29, 1.82) is 0 Å². The van der Waals surface area contributed by atoms with Crippen molar-refractivity contribution in [3.05, 3.63) is 70.5 Å². The summed E-state index contributed by atoms with van der Waals surface area (Å²) in [5.41, 5.74) is 3.35. The molecule has 3 heterocycles. The molecule has 0 aliphatic carbocycles. The normalized spacial score (nSPS) is 17.1. The maximum absolute atomic E-state index is 13.7. The van der Waals surface area contributed by atoms with Crippen LogP contribution in [0.2, 0.25) is 0 Å². The number of hydrogen-bond donors (Lipinski definition) is 0. The highest BCUT2D eigenvalue weighted by Gasteiger charge is 2.31. The van der Waals surface area contributed by atoms with Crippen molar-refractivity contribution in [3.63, 3.8) is 0 Å². The van der Waals surface area contributed by atoms with Crippen LogP contribution in [0.1, 0.15) is 33.1 Å². The number of likely N-dealkylation sites (tertiary alicyclic amines) is 1. The van der Waals surface area contributed by atoms with E-state index in [0.29, 0.717) is 5.92 Å². The van der Waals surface area contributed by atoms with Gasteiger partial charge in [0, 0.05) is 56.4 Å². The molecule has 1 aliphatic heterocycles. The minimum atomic E-state index is -0.205. The molecule has 1 saturated heterocycles. The van der Waals surface area contributed by atoms with Gasteiger partial charge in [0.2, 0.25) is 0 Å². The largest absolute Gasteiger partial charge is 0.350 e. The van der Waals surface area contributed by atoms with E-state index in [0.717, 1.165) is 41.8 Å². The van der Waals surface area contributed by atoms with Crippen LogP contribution < -0.4 is 0 Å². The molecule has 160 valence electrons. The van der Waals surface area contributed by atoms with Gasteiger partial charge in [0.15, 0.2) is 0 Å². The summed E-state index contributed by atoms with van der Waals surface area (Å²) < 4.78 is 16.9. The molecule has 2 aromatic heterocycles. The van der Waals surface area contributed by atoms with Crippen molar-refractivity contribution in [3.8, 4) is 0 Å². The standard InChI is InChI=1S/C25H26FN3OS/c1-27(2)25(30)24-23(20-6-4-5-7-22(20)31-24)16-10-11-29(14-16)15-17-13-28(3)21-12-18(26)8-9-19(17)21/h4-9,12-13,16H,10-11,14-15H2,1-3H3/t16-/m1/s1. The average molecular weight is 436 g/mol. The summed E-state index contributed by atoms with van der Waals surface area (Å²) in [7, 11) is 5.61. The van der Waals surface area contributed by atoms with Crippen LogP contribution in [0, 0.1) is 5.82 Å². The molecule has 1 amide bonds. The number of carbonyl (C=O) groups is 1. The van der Waals surface area contributed by atoms with Gasteiger partial charge in [0.05, 0.1) is 10.4 Å². The Morgan fingerprint density at radius 2 is 2.00 bits per heavy atom. The molecule has 0 bridgehead atoms. The number of halogens is 1. The van der Waals surface area contributed by atoms with Crippen molar-refractivity contribution >= 4 is 38.2 Å². The Labute approximate surface area is 185 Å². The quantitative estimate of drug-likeness (QED) is 0.440. The van der Waals surface area contributed by atoms with Crippen LogP contribution in [0.3, 0.4) is 0 Å². The van der Waals surface area contributed by atoms with Gasteiger partial charge in [-0.05, 0) is 53.7 Å². The highest BCUT2D eigenvalue weighted by atomic mass is 32.1. The zero-order valence-electron chi connectivity index (χ0n) is 18.1. The van der Waals surface area contributed by atoms with Crippen LogP contribution in [0.4, 0.5) is 4.39 Å². The molecular formula is C25H26FN3OS. The third kappa shape index (κ3) is 3.54. The Bertz CT molecular complexity index is 1290. The molecule has 2 aromatic carbocycles. The summed E-state index contributed by atoms with van der Waals surface area (Å²) in [6.45, 7) is 2.74. The van der Waals surface area contributed by atoms with Crippen molar-refractivity contribution in [2.75, 3.05) is 27.2 Å². The molecule has 31 heavy (non-hydrogen) atoms. The van der Waals surface area contributed by atoms with Crippen molar-refractivity contribution in [2.24, 2.45) is 7.05 Å². The summed E-state index contributed by atoms with van der Waals surface area (Å²) in [6, 6.07) is 13.4. The molecule has 0 unspecified atom stereocenters. The molecule has 6 heteroatoms. The summed E-state index contributed by atoms with van der Waals surface area (Å²) in [5, 5.41) is 2.32. The third-order valence-corrected chi connectivity index (χ3v) is 7.52. The minimum Gasteiger partial charge on any atom is -0.350 e. The third-order valence-electron chi connectivity index (χ3n) is 6.34. The number of amides is 1. The Morgan fingerprint density at radius 1 is 1.19 bits per heavy atom.